The number of hydrogen-bond acceptors (Lipinski definition) is 5. The summed E-state index contributed by atoms with van der Waals surface area (Å²) >= 11 is 0. The molecule has 2 fully saturated rings. The first-order valence-electron chi connectivity index (χ1n) is 7.87. The quantitative estimate of drug-likeness (QED) is 0.823. The van der Waals surface area contributed by atoms with Crippen LogP contribution in [-0.4, -0.2) is 58.6 Å². The summed E-state index contributed by atoms with van der Waals surface area (Å²) in [4.78, 5) is 25.4. The SMILES string of the molecule is CC(C)(C)OC(=O)NN1CCC[C@H]1C(=O)N1CC(F)(F)C[C@H]1C#N. The first kappa shape index (κ1) is 18.4. The van der Waals surface area contributed by atoms with Gasteiger partial charge >= 0.3 is 6.09 Å². The molecule has 0 aromatic rings. The van der Waals surface area contributed by atoms with E-state index < -0.39 is 48.6 Å². The third-order valence-corrected chi connectivity index (χ3v) is 3.87. The summed E-state index contributed by atoms with van der Waals surface area (Å²) < 4.78 is 32.2. The van der Waals surface area contributed by atoms with E-state index in [4.69, 9.17) is 10.00 Å². The minimum absolute atomic E-state index is 0.414. The molecule has 2 saturated heterocycles. The lowest BCUT2D eigenvalue weighted by atomic mass is 10.1. The number of nitrogens with zero attached hydrogens (tertiary/aromatic N) is 3. The van der Waals surface area contributed by atoms with E-state index in [1.54, 1.807) is 26.8 Å². The van der Waals surface area contributed by atoms with Gasteiger partial charge in [0.1, 0.15) is 17.7 Å². The molecule has 2 atom stereocenters. The van der Waals surface area contributed by atoms with Crippen molar-refractivity contribution in [1.29, 1.82) is 5.26 Å². The summed E-state index contributed by atoms with van der Waals surface area (Å²) in [5, 5.41) is 10.4. The Morgan fingerprint density at radius 2 is 2.04 bits per heavy atom. The molecule has 2 aliphatic rings. The summed E-state index contributed by atoms with van der Waals surface area (Å²) in [6.45, 7) is 4.78. The van der Waals surface area contributed by atoms with Gasteiger partial charge in [-0.05, 0) is 33.6 Å². The fraction of sp³-hybridized carbons (Fsp3) is 0.800. The zero-order valence-electron chi connectivity index (χ0n) is 14.0. The van der Waals surface area contributed by atoms with E-state index in [9.17, 15) is 18.4 Å². The molecule has 2 rings (SSSR count). The zero-order valence-corrected chi connectivity index (χ0v) is 14.0. The Kier molecular flexibility index (Phi) is 4.99. The Balaban J connectivity index is 2.03. The summed E-state index contributed by atoms with van der Waals surface area (Å²) in [6.07, 6.45) is -0.296. The maximum Gasteiger partial charge on any atom is 0.422 e. The van der Waals surface area contributed by atoms with Crippen molar-refractivity contribution in [3.8, 4) is 6.07 Å². The van der Waals surface area contributed by atoms with Crippen LogP contribution in [0, 0.1) is 11.3 Å². The third-order valence-electron chi connectivity index (χ3n) is 3.87. The van der Waals surface area contributed by atoms with Gasteiger partial charge in [-0.2, -0.15) is 5.26 Å². The Bertz CT molecular complexity index is 556. The van der Waals surface area contributed by atoms with Crippen LogP contribution < -0.4 is 5.43 Å². The van der Waals surface area contributed by atoms with E-state index in [1.807, 2.05) is 0 Å². The summed E-state index contributed by atoms with van der Waals surface area (Å²) in [6, 6.07) is -0.149. The zero-order chi connectivity index (χ0) is 18.1. The highest BCUT2D eigenvalue weighted by Gasteiger charge is 2.49. The Morgan fingerprint density at radius 1 is 1.38 bits per heavy atom. The predicted octanol–water partition coefficient (Wildman–Crippen LogP) is 1.65. The first-order chi connectivity index (χ1) is 11.0. The van der Waals surface area contributed by atoms with Crippen LogP contribution in [0.25, 0.3) is 0 Å². The number of amides is 2. The van der Waals surface area contributed by atoms with Crippen LogP contribution in [0.3, 0.4) is 0 Å². The van der Waals surface area contributed by atoms with E-state index in [0.29, 0.717) is 19.4 Å². The average molecular weight is 344 g/mol. The minimum atomic E-state index is -3.06. The summed E-state index contributed by atoms with van der Waals surface area (Å²) in [5.74, 6) is -3.62. The molecule has 0 unspecified atom stereocenters. The van der Waals surface area contributed by atoms with Gasteiger partial charge in [0.05, 0.1) is 12.6 Å². The van der Waals surface area contributed by atoms with Gasteiger partial charge in [0.2, 0.25) is 5.91 Å². The van der Waals surface area contributed by atoms with Gasteiger partial charge in [0, 0.05) is 13.0 Å². The van der Waals surface area contributed by atoms with E-state index in [1.165, 1.54) is 5.01 Å². The molecule has 1 N–H and O–H groups in total. The highest BCUT2D eigenvalue weighted by molar-refractivity contribution is 5.83. The van der Waals surface area contributed by atoms with Gasteiger partial charge in [-0.15, -0.1) is 0 Å². The molecule has 7 nitrogen and oxygen atoms in total. The van der Waals surface area contributed by atoms with Crippen molar-refractivity contribution in [2.24, 2.45) is 0 Å². The number of ether oxygens (including phenoxy) is 1. The molecule has 9 heteroatoms. The van der Waals surface area contributed by atoms with E-state index in [2.05, 4.69) is 5.43 Å². The van der Waals surface area contributed by atoms with E-state index in [0.717, 1.165) is 4.90 Å². The molecule has 0 saturated carbocycles. The average Bonchev–Trinajstić information content (AvgIpc) is 2.99. The van der Waals surface area contributed by atoms with Crippen molar-refractivity contribution in [2.45, 2.75) is 63.6 Å². The van der Waals surface area contributed by atoms with Crippen LogP contribution >= 0.6 is 0 Å². The number of alkyl halides is 2. The highest BCUT2D eigenvalue weighted by Crippen LogP contribution is 2.33. The van der Waals surface area contributed by atoms with Gasteiger partial charge in [0.15, 0.2) is 0 Å². The number of nitriles is 1. The topological polar surface area (TPSA) is 85.7 Å². The number of hydrogen-bond donors (Lipinski definition) is 1. The standard InChI is InChI=1S/C15H22F2N4O3/c1-14(2,3)24-13(23)19-21-6-4-5-11(21)12(22)20-9-15(16,17)7-10(20)8-18/h10-11H,4-7,9H2,1-3H3,(H,19,23)/t10-,11-/m0/s1. The van der Waals surface area contributed by atoms with Crippen molar-refractivity contribution in [3.05, 3.63) is 0 Å². The largest absolute Gasteiger partial charge is 0.443 e. The lowest BCUT2D eigenvalue weighted by Crippen LogP contribution is -2.54. The van der Waals surface area contributed by atoms with Gasteiger partial charge in [-0.3, -0.25) is 10.2 Å². The normalized spacial score (nSPS) is 26.9. The Labute approximate surface area is 139 Å². The molecule has 0 aromatic heterocycles. The van der Waals surface area contributed by atoms with Crippen molar-refractivity contribution >= 4 is 12.0 Å². The molecule has 0 aromatic carbocycles. The number of carbonyl (C=O) groups is 2. The van der Waals surface area contributed by atoms with E-state index in [-0.39, 0.29) is 0 Å². The van der Waals surface area contributed by atoms with Crippen LogP contribution in [0.4, 0.5) is 13.6 Å². The number of nitrogens with one attached hydrogen (secondary N) is 1. The second-order valence-electron chi connectivity index (χ2n) is 7.14. The lowest BCUT2D eigenvalue weighted by Gasteiger charge is -2.30. The number of halogens is 2. The second-order valence-corrected chi connectivity index (χ2v) is 7.14. The maximum atomic E-state index is 13.5. The van der Waals surface area contributed by atoms with Crippen LogP contribution in [0.2, 0.25) is 0 Å². The van der Waals surface area contributed by atoms with Crippen LogP contribution in [-0.2, 0) is 9.53 Å². The lowest BCUT2D eigenvalue weighted by molar-refractivity contribution is -0.138. The van der Waals surface area contributed by atoms with Crippen LogP contribution in [0.5, 0.6) is 0 Å². The molecule has 2 amide bonds. The van der Waals surface area contributed by atoms with Crippen molar-refractivity contribution in [3.63, 3.8) is 0 Å². The first-order valence-corrected chi connectivity index (χ1v) is 7.87. The molecular weight excluding hydrogens is 322 g/mol. The highest BCUT2D eigenvalue weighted by atomic mass is 19.3. The smallest absolute Gasteiger partial charge is 0.422 e. The van der Waals surface area contributed by atoms with Crippen molar-refractivity contribution < 1.29 is 23.1 Å². The minimum Gasteiger partial charge on any atom is -0.443 e. The molecular formula is C15H22F2N4O3. The molecule has 0 aliphatic carbocycles. The second kappa shape index (κ2) is 6.51. The molecule has 2 heterocycles. The number of hydrazine groups is 1. The Morgan fingerprint density at radius 3 is 2.62 bits per heavy atom. The van der Waals surface area contributed by atoms with Gasteiger partial charge in [-0.1, -0.05) is 0 Å². The molecule has 2 aliphatic heterocycles. The molecule has 134 valence electrons. The number of carbonyl (C=O) groups excluding carboxylic acids is 2. The maximum absolute atomic E-state index is 13.5. The molecule has 0 bridgehead atoms. The van der Waals surface area contributed by atoms with Crippen molar-refractivity contribution in [2.75, 3.05) is 13.1 Å². The summed E-state index contributed by atoms with van der Waals surface area (Å²) in [5.41, 5.74) is 1.81. The Hall–Kier alpha value is -1.95. The van der Waals surface area contributed by atoms with E-state index >= 15 is 0 Å². The molecule has 0 radical (unpaired) electrons. The monoisotopic (exact) mass is 344 g/mol. The molecule has 0 spiro atoms. The van der Waals surface area contributed by atoms with Crippen molar-refractivity contribution in [1.82, 2.24) is 15.3 Å². The van der Waals surface area contributed by atoms with Gasteiger partial charge in [0.25, 0.3) is 5.92 Å². The van der Waals surface area contributed by atoms with Gasteiger partial charge < -0.3 is 9.64 Å². The number of rotatable bonds is 2. The van der Waals surface area contributed by atoms with Gasteiger partial charge in [-0.25, -0.2) is 18.6 Å². The van der Waals surface area contributed by atoms with Crippen LogP contribution in [0.15, 0.2) is 0 Å². The predicted molar refractivity (Wildman–Crippen MR) is 79.8 cm³/mol. The van der Waals surface area contributed by atoms with Crippen LogP contribution in [0.1, 0.15) is 40.0 Å². The number of likely N-dealkylation sites (tertiary alicyclic amines) is 1. The third kappa shape index (κ3) is 4.32. The summed E-state index contributed by atoms with van der Waals surface area (Å²) in [7, 11) is 0. The molecule has 24 heavy (non-hydrogen) atoms. The fourth-order valence-electron chi connectivity index (χ4n) is 2.93. The fourth-order valence-corrected chi connectivity index (χ4v) is 2.93.